The molecule has 0 unspecified atom stereocenters. The monoisotopic (exact) mass is 333 g/mol. The summed E-state index contributed by atoms with van der Waals surface area (Å²) in [6.45, 7) is 0. The fourth-order valence-corrected chi connectivity index (χ4v) is 2.22. The first-order valence-corrected chi connectivity index (χ1v) is 6.82. The van der Waals surface area contributed by atoms with Crippen LogP contribution in [0.5, 0.6) is 0 Å². The normalized spacial score (nSPS) is 11.5. The lowest BCUT2D eigenvalue weighted by atomic mass is 10.1. The molecule has 1 heterocycles. The number of benzene rings is 2. The van der Waals surface area contributed by atoms with Gasteiger partial charge in [-0.1, -0.05) is 18.2 Å². The van der Waals surface area contributed by atoms with Gasteiger partial charge in [-0.3, -0.25) is 9.59 Å². The molecule has 2 aromatic carbocycles. The van der Waals surface area contributed by atoms with Crippen LogP contribution >= 0.6 is 0 Å². The molecule has 0 aliphatic carbocycles. The molecule has 0 radical (unpaired) electrons. The summed E-state index contributed by atoms with van der Waals surface area (Å²) in [6, 6.07) is 10.4. The number of aromatic nitrogens is 2. The summed E-state index contributed by atoms with van der Waals surface area (Å²) in [7, 11) is 0. The number of carbonyl (C=O) groups is 1. The lowest BCUT2D eigenvalue weighted by molar-refractivity contribution is -0.137. The number of rotatable bonds is 2. The van der Waals surface area contributed by atoms with E-state index < -0.39 is 23.2 Å². The summed E-state index contributed by atoms with van der Waals surface area (Å²) in [5.74, 6) is -0.637. The quantitative estimate of drug-likeness (QED) is 0.756. The molecule has 0 aliphatic heterocycles. The van der Waals surface area contributed by atoms with Crippen molar-refractivity contribution in [3.8, 4) is 0 Å². The minimum atomic E-state index is -4.45. The molecule has 0 fully saturated rings. The number of amides is 1. The highest BCUT2D eigenvalue weighted by Crippen LogP contribution is 2.29. The van der Waals surface area contributed by atoms with Crippen LogP contribution < -0.4 is 10.9 Å². The smallest absolute Gasteiger partial charge is 0.321 e. The third-order valence-electron chi connectivity index (χ3n) is 3.38. The zero-order chi connectivity index (χ0) is 17.3. The van der Waals surface area contributed by atoms with Crippen molar-refractivity contribution < 1.29 is 18.0 Å². The van der Waals surface area contributed by atoms with E-state index in [0.29, 0.717) is 10.8 Å². The largest absolute Gasteiger partial charge is 0.416 e. The number of aromatic amines is 1. The van der Waals surface area contributed by atoms with E-state index in [9.17, 15) is 22.8 Å². The number of carbonyl (C=O) groups excluding carboxylic acids is 1. The molecule has 1 amide bonds. The number of nitrogens with zero attached hydrogens (tertiary/aromatic N) is 1. The van der Waals surface area contributed by atoms with Crippen LogP contribution in [0.2, 0.25) is 0 Å². The van der Waals surface area contributed by atoms with Gasteiger partial charge in [0.05, 0.1) is 10.9 Å². The zero-order valence-corrected chi connectivity index (χ0v) is 12.0. The number of hydrogen-bond donors (Lipinski definition) is 2. The molecule has 122 valence electrons. The zero-order valence-electron chi connectivity index (χ0n) is 12.0. The number of H-pyrrole nitrogens is 1. The van der Waals surface area contributed by atoms with Crippen molar-refractivity contribution in [3.63, 3.8) is 0 Å². The Morgan fingerprint density at radius 1 is 1.00 bits per heavy atom. The summed E-state index contributed by atoms with van der Waals surface area (Å²) in [5, 5.41) is 9.06. The third-order valence-corrected chi connectivity index (χ3v) is 3.38. The molecule has 3 aromatic rings. The molecule has 0 aliphatic rings. The molecular weight excluding hydrogens is 323 g/mol. The number of anilines is 1. The van der Waals surface area contributed by atoms with Crippen LogP contribution in [-0.4, -0.2) is 16.1 Å². The van der Waals surface area contributed by atoms with Crippen LogP contribution in [0.1, 0.15) is 16.1 Å². The van der Waals surface area contributed by atoms with E-state index in [2.05, 4.69) is 15.5 Å². The van der Waals surface area contributed by atoms with Gasteiger partial charge in [0, 0.05) is 11.1 Å². The molecule has 5 nitrogen and oxygen atoms in total. The van der Waals surface area contributed by atoms with E-state index in [0.717, 1.165) is 24.3 Å². The minimum absolute atomic E-state index is 0.0231. The van der Waals surface area contributed by atoms with Gasteiger partial charge in [-0.2, -0.15) is 18.3 Å². The Labute approximate surface area is 133 Å². The second-order valence-corrected chi connectivity index (χ2v) is 4.98. The van der Waals surface area contributed by atoms with E-state index >= 15 is 0 Å². The molecule has 0 saturated carbocycles. The van der Waals surface area contributed by atoms with Crippen molar-refractivity contribution in [1.82, 2.24) is 10.2 Å². The number of fused-ring (bicyclic) bond motifs is 1. The lowest BCUT2D eigenvalue weighted by Crippen LogP contribution is -2.19. The minimum Gasteiger partial charge on any atom is -0.321 e. The molecule has 8 heteroatoms. The average Bonchev–Trinajstić information content (AvgIpc) is 2.55. The first-order chi connectivity index (χ1) is 11.4. The topological polar surface area (TPSA) is 74.8 Å². The SMILES string of the molecule is O=C(Nc1ccc(C(F)(F)F)cc1)c1n[nH]c(=O)c2ccccc12. The number of hydrogen-bond acceptors (Lipinski definition) is 3. The van der Waals surface area contributed by atoms with E-state index in [-0.39, 0.29) is 11.4 Å². The molecular formula is C16H10F3N3O2. The van der Waals surface area contributed by atoms with E-state index in [1.807, 2.05) is 0 Å². The maximum atomic E-state index is 12.5. The van der Waals surface area contributed by atoms with Crippen LogP contribution in [-0.2, 0) is 6.18 Å². The predicted molar refractivity (Wildman–Crippen MR) is 81.8 cm³/mol. The maximum absolute atomic E-state index is 12.5. The highest BCUT2D eigenvalue weighted by atomic mass is 19.4. The predicted octanol–water partition coefficient (Wildman–Crippen LogP) is 3.19. The van der Waals surface area contributed by atoms with Crippen LogP contribution in [0.4, 0.5) is 18.9 Å². The first kappa shape index (κ1) is 15.7. The van der Waals surface area contributed by atoms with Gasteiger partial charge in [-0.15, -0.1) is 0 Å². The summed E-state index contributed by atoms with van der Waals surface area (Å²) < 4.78 is 37.6. The van der Waals surface area contributed by atoms with Gasteiger partial charge < -0.3 is 5.32 Å². The number of alkyl halides is 3. The average molecular weight is 333 g/mol. The van der Waals surface area contributed by atoms with Gasteiger partial charge in [0.1, 0.15) is 0 Å². The van der Waals surface area contributed by atoms with Crippen molar-refractivity contribution in [2.75, 3.05) is 5.32 Å². The number of halogens is 3. The molecule has 0 bridgehead atoms. The van der Waals surface area contributed by atoms with Crippen LogP contribution in [0.15, 0.2) is 53.3 Å². The molecule has 0 atom stereocenters. The summed E-state index contributed by atoms with van der Waals surface area (Å²) >= 11 is 0. The van der Waals surface area contributed by atoms with Crippen molar-refractivity contribution in [2.24, 2.45) is 0 Å². The standard InChI is InChI=1S/C16H10F3N3O2/c17-16(18,19)9-5-7-10(8-6-9)20-15(24)13-11-3-1-2-4-12(11)14(23)22-21-13/h1-8H,(H,20,24)(H,22,23). The molecule has 0 spiro atoms. The Kier molecular flexibility index (Phi) is 3.80. The van der Waals surface area contributed by atoms with Crippen molar-refractivity contribution in [1.29, 1.82) is 0 Å². The third kappa shape index (κ3) is 2.98. The number of nitrogens with one attached hydrogen (secondary N) is 2. The van der Waals surface area contributed by atoms with Crippen molar-refractivity contribution in [2.45, 2.75) is 6.18 Å². The highest BCUT2D eigenvalue weighted by molar-refractivity contribution is 6.11. The Balaban J connectivity index is 1.91. The van der Waals surface area contributed by atoms with Gasteiger partial charge in [0.15, 0.2) is 5.69 Å². The summed E-state index contributed by atoms with van der Waals surface area (Å²) in [5.41, 5.74) is -1.08. The van der Waals surface area contributed by atoms with Gasteiger partial charge in [0.25, 0.3) is 11.5 Å². The van der Waals surface area contributed by atoms with Gasteiger partial charge in [-0.05, 0) is 30.3 Å². The van der Waals surface area contributed by atoms with Gasteiger partial charge >= 0.3 is 6.18 Å². The van der Waals surface area contributed by atoms with E-state index in [1.165, 1.54) is 0 Å². The lowest BCUT2D eigenvalue weighted by Gasteiger charge is -2.09. The second kappa shape index (κ2) is 5.80. The Bertz CT molecular complexity index is 963. The molecule has 3 rings (SSSR count). The van der Waals surface area contributed by atoms with Crippen molar-refractivity contribution in [3.05, 3.63) is 70.1 Å². The second-order valence-electron chi connectivity index (χ2n) is 4.98. The Hall–Kier alpha value is -3.16. The van der Waals surface area contributed by atoms with Crippen LogP contribution in [0.3, 0.4) is 0 Å². The summed E-state index contributed by atoms with van der Waals surface area (Å²) in [4.78, 5) is 24.0. The Morgan fingerprint density at radius 2 is 1.62 bits per heavy atom. The molecule has 0 saturated heterocycles. The van der Waals surface area contributed by atoms with Crippen molar-refractivity contribution >= 4 is 22.4 Å². The molecule has 24 heavy (non-hydrogen) atoms. The summed E-state index contributed by atoms with van der Waals surface area (Å²) in [6.07, 6.45) is -4.45. The van der Waals surface area contributed by atoms with Gasteiger partial charge in [-0.25, -0.2) is 5.10 Å². The maximum Gasteiger partial charge on any atom is 0.416 e. The van der Waals surface area contributed by atoms with E-state index in [1.54, 1.807) is 24.3 Å². The van der Waals surface area contributed by atoms with E-state index in [4.69, 9.17) is 0 Å². The van der Waals surface area contributed by atoms with Crippen LogP contribution in [0.25, 0.3) is 10.8 Å². The first-order valence-electron chi connectivity index (χ1n) is 6.82. The fraction of sp³-hybridized carbons (Fsp3) is 0.0625. The fourth-order valence-electron chi connectivity index (χ4n) is 2.22. The molecule has 1 aromatic heterocycles. The van der Waals surface area contributed by atoms with Gasteiger partial charge in [0.2, 0.25) is 0 Å². The Morgan fingerprint density at radius 3 is 2.25 bits per heavy atom. The highest BCUT2D eigenvalue weighted by Gasteiger charge is 2.30. The van der Waals surface area contributed by atoms with Crippen LogP contribution in [0, 0.1) is 0 Å². The molecule has 2 N–H and O–H groups in total.